The van der Waals surface area contributed by atoms with Gasteiger partial charge in [-0.2, -0.15) is 0 Å². The maximum atomic E-state index is 13.0. The molecule has 0 saturated heterocycles. The molecule has 0 radical (unpaired) electrons. The lowest BCUT2D eigenvalue weighted by molar-refractivity contribution is -0.161. The first-order valence-electron chi connectivity index (χ1n) is 35.1. The van der Waals surface area contributed by atoms with Crippen LogP contribution in [0.3, 0.4) is 0 Å². The SMILES string of the molecule is CCCCCCCCCCCCCCCCCC(=O)O[C@H](COC(=O)CCCCCCCCCCCCC(C)C)COP(=O)(O)OC[C@@H](O)COP(=O)(O)OC[C@@H](COC(=O)CCCCCCCCCCC)OC(=O)CCCCCCCCCCC. The molecule has 17 nitrogen and oxygen atoms in total. The zero-order chi connectivity index (χ0) is 63.5. The summed E-state index contributed by atoms with van der Waals surface area (Å²) in [6.07, 6.45) is 45.8. The van der Waals surface area contributed by atoms with Gasteiger partial charge in [-0.25, -0.2) is 9.13 Å². The average Bonchev–Trinajstić information content (AvgIpc) is 3.49. The van der Waals surface area contributed by atoms with Gasteiger partial charge in [-0.1, -0.05) is 291 Å². The average molecular weight is 1270 g/mol. The number of esters is 4. The Bertz CT molecular complexity index is 1670. The van der Waals surface area contributed by atoms with Crippen molar-refractivity contribution in [1.29, 1.82) is 0 Å². The summed E-state index contributed by atoms with van der Waals surface area (Å²) in [5.41, 5.74) is 0. The molecule has 3 N–H and O–H groups in total. The molecule has 0 amide bonds. The zero-order valence-corrected chi connectivity index (χ0v) is 57.2. The maximum Gasteiger partial charge on any atom is 0.472 e. The Kier molecular flexibility index (Phi) is 59.2. The van der Waals surface area contributed by atoms with E-state index in [9.17, 15) is 43.2 Å². The molecule has 0 spiro atoms. The van der Waals surface area contributed by atoms with Gasteiger partial charge in [-0.15, -0.1) is 0 Å². The third kappa shape index (κ3) is 60.9. The topological polar surface area (TPSA) is 237 Å². The Hall–Kier alpha value is -1.94. The molecular formula is C67H130O17P2. The molecule has 0 saturated carbocycles. The summed E-state index contributed by atoms with van der Waals surface area (Å²) in [6.45, 7) is 7.19. The summed E-state index contributed by atoms with van der Waals surface area (Å²) in [6, 6.07) is 0. The first-order chi connectivity index (χ1) is 41.5. The van der Waals surface area contributed by atoms with E-state index < -0.39 is 97.5 Å². The van der Waals surface area contributed by atoms with Crippen molar-refractivity contribution < 1.29 is 80.2 Å². The van der Waals surface area contributed by atoms with Gasteiger partial charge in [-0.3, -0.25) is 37.3 Å². The van der Waals surface area contributed by atoms with Gasteiger partial charge in [0.2, 0.25) is 0 Å². The van der Waals surface area contributed by atoms with Crippen LogP contribution in [-0.4, -0.2) is 96.7 Å². The molecule has 0 rings (SSSR count). The minimum Gasteiger partial charge on any atom is -0.462 e. The first kappa shape index (κ1) is 84.1. The summed E-state index contributed by atoms with van der Waals surface area (Å²) >= 11 is 0. The minimum atomic E-state index is -4.95. The Labute approximate surface area is 524 Å². The molecule has 2 unspecified atom stereocenters. The molecule has 0 aliphatic heterocycles. The number of unbranched alkanes of at least 4 members (excludes halogenated alkanes) is 39. The molecule has 510 valence electrons. The number of rotatable bonds is 67. The van der Waals surface area contributed by atoms with Crippen molar-refractivity contribution in [3.8, 4) is 0 Å². The number of carbonyl (C=O) groups excluding carboxylic acids is 4. The van der Waals surface area contributed by atoms with Crippen molar-refractivity contribution in [1.82, 2.24) is 0 Å². The molecule has 0 aromatic rings. The van der Waals surface area contributed by atoms with Crippen LogP contribution in [0.15, 0.2) is 0 Å². The summed E-state index contributed by atoms with van der Waals surface area (Å²) < 4.78 is 68.1. The van der Waals surface area contributed by atoms with Crippen LogP contribution in [0.5, 0.6) is 0 Å². The van der Waals surface area contributed by atoms with Crippen LogP contribution in [0.2, 0.25) is 0 Å². The number of aliphatic hydroxyl groups is 1. The number of hydrogen-bond donors (Lipinski definition) is 3. The van der Waals surface area contributed by atoms with Crippen molar-refractivity contribution in [2.24, 2.45) is 5.92 Å². The van der Waals surface area contributed by atoms with E-state index in [0.29, 0.717) is 25.7 Å². The van der Waals surface area contributed by atoms with Crippen LogP contribution in [-0.2, 0) is 65.4 Å². The molecule has 86 heavy (non-hydrogen) atoms. The van der Waals surface area contributed by atoms with Crippen molar-refractivity contribution in [2.75, 3.05) is 39.6 Å². The second-order valence-corrected chi connectivity index (χ2v) is 27.6. The van der Waals surface area contributed by atoms with E-state index in [-0.39, 0.29) is 25.7 Å². The zero-order valence-electron chi connectivity index (χ0n) is 55.4. The van der Waals surface area contributed by atoms with E-state index in [1.165, 1.54) is 167 Å². The standard InChI is InChI=1S/C67H130O17P2/c1-6-9-12-15-18-21-22-23-24-25-26-33-38-43-48-53-67(72)84-63(57-78-65(70)51-46-41-36-32-28-27-31-34-39-44-49-60(4)5)59-82-86(75,76)80-55-61(68)54-79-85(73,74)81-58-62(83-66(71)52-47-42-37-30-20-17-14-11-8-3)56-77-64(69)50-45-40-35-29-19-16-13-10-7-2/h60-63,68H,6-59H2,1-5H3,(H,73,74)(H,75,76)/t61-,62+,63+/m0/s1. The summed E-state index contributed by atoms with van der Waals surface area (Å²) in [4.78, 5) is 72.3. The largest absolute Gasteiger partial charge is 0.472 e. The second-order valence-electron chi connectivity index (χ2n) is 24.7. The van der Waals surface area contributed by atoms with Crippen LogP contribution in [0.1, 0.15) is 343 Å². The fraction of sp³-hybridized carbons (Fsp3) is 0.940. The van der Waals surface area contributed by atoms with Crippen LogP contribution < -0.4 is 0 Å². The Morgan fingerprint density at radius 1 is 0.314 bits per heavy atom. The highest BCUT2D eigenvalue weighted by Crippen LogP contribution is 2.45. The van der Waals surface area contributed by atoms with Gasteiger partial charge >= 0.3 is 39.5 Å². The lowest BCUT2D eigenvalue weighted by atomic mass is 10.0. The lowest BCUT2D eigenvalue weighted by Crippen LogP contribution is -2.30. The Morgan fingerprint density at radius 2 is 0.535 bits per heavy atom. The van der Waals surface area contributed by atoms with Crippen molar-refractivity contribution in [3.63, 3.8) is 0 Å². The smallest absolute Gasteiger partial charge is 0.462 e. The number of aliphatic hydroxyl groups excluding tert-OH is 1. The highest BCUT2D eigenvalue weighted by Gasteiger charge is 2.30. The number of hydrogen-bond acceptors (Lipinski definition) is 15. The molecule has 0 aliphatic rings. The molecule has 0 bridgehead atoms. The van der Waals surface area contributed by atoms with E-state index in [0.717, 1.165) is 95.8 Å². The van der Waals surface area contributed by atoms with Gasteiger partial charge in [0.15, 0.2) is 12.2 Å². The van der Waals surface area contributed by atoms with E-state index in [1.54, 1.807) is 0 Å². The third-order valence-electron chi connectivity index (χ3n) is 15.5. The highest BCUT2D eigenvalue weighted by molar-refractivity contribution is 7.47. The van der Waals surface area contributed by atoms with Gasteiger partial charge in [0.25, 0.3) is 0 Å². The molecule has 0 aromatic carbocycles. The quantitative estimate of drug-likeness (QED) is 0.0222. The van der Waals surface area contributed by atoms with E-state index >= 15 is 0 Å². The van der Waals surface area contributed by atoms with Crippen LogP contribution >= 0.6 is 15.6 Å². The van der Waals surface area contributed by atoms with Crippen LogP contribution in [0.4, 0.5) is 0 Å². The van der Waals surface area contributed by atoms with Gasteiger partial charge in [0.05, 0.1) is 26.4 Å². The van der Waals surface area contributed by atoms with Gasteiger partial charge in [-0.05, 0) is 31.6 Å². The number of phosphoric acid groups is 2. The Balaban J connectivity index is 5.22. The molecule has 5 atom stereocenters. The molecular weight excluding hydrogens is 1140 g/mol. The number of phosphoric ester groups is 2. The second kappa shape index (κ2) is 60.6. The maximum absolute atomic E-state index is 13.0. The van der Waals surface area contributed by atoms with Crippen molar-refractivity contribution >= 4 is 39.5 Å². The van der Waals surface area contributed by atoms with E-state index in [1.807, 2.05) is 0 Å². The van der Waals surface area contributed by atoms with Gasteiger partial charge in [0.1, 0.15) is 19.3 Å². The monoisotopic (exact) mass is 1270 g/mol. The summed E-state index contributed by atoms with van der Waals surface area (Å²) in [5.74, 6) is -1.37. The van der Waals surface area contributed by atoms with Crippen LogP contribution in [0, 0.1) is 5.92 Å². The van der Waals surface area contributed by atoms with Gasteiger partial charge in [0, 0.05) is 25.7 Å². The summed E-state index contributed by atoms with van der Waals surface area (Å²) in [7, 11) is -9.89. The predicted octanol–water partition coefficient (Wildman–Crippen LogP) is 19.0. The third-order valence-corrected chi connectivity index (χ3v) is 17.4. The first-order valence-corrected chi connectivity index (χ1v) is 38.1. The van der Waals surface area contributed by atoms with Crippen LogP contribution in [0.25, 0.3) is 0 Å². The van der Waals surface area contributed by atoms with Gasteiger partial charge < -0.3 is 33.8 Å². The number of ether oxygens (including phenoxy) is 4. The Morgan fingerprint density at radius 3 is 0.791 bits per heavy atom. The predicted molar refractivity (Wildman–Crippen MR) is 345 cm³/mol. The highest BCUT2D eigenvalue weighted by atomic mass is 31.2. The molecule has 0 aliphatic carbocycles. The van der Waals surface area contributed by atoms with E-state index in [4.69, 9.17) is 37.0 Å². The van der Waals surface area contributed by atoms with Crippen molar-refractivity contribution in [3.05, 3.63) is 0 Å². The molecule has 0 fully saturated rings. The lowest BCUT2D eigenvalue weighted by Gasteiger charge is -2.21. The fourth-order valence-electron chi connectivity index (χ4n) is 10.1. The molecule has 0 heterocycles. The number of carbonyl (C=O) groups is 4. The van der Waals surface area contributed by atoms with E-state index in [2.05, 4.69) is 34.6 Å². The normalized spacial score (nSPS) is 14.2. The molecule has 19 heteroatoms. The fourth-order valence-corrected chi connectivity index (χ4v) is 11.7. The minimum absolute atomic E-state index is 0.106. The summed E-state index contributed by atoms with van der Waals surface area (Å²) in [5, 5.41) is 10.6. The van der Waals surface area contributed by atoms with Crippen molar-refractivity contribution in [2.45, 2.75) is 361 Å². The molecule has 0 aromatic heterocycles.